The van der Waals surface area contributed by atoms with Crippen LogP contribution in [-0.2, 0) is 0 Å². The van der Waals surface area contributed by atoms with Gasteiger partial charge in [-0.1, -0.05) is 0 Å². The molecule has 0 N–H and O–H groups in total. The summed E-state index contributed by atoms with van der Waals surface area (Å²) in [4.78, 5) is 1.59. The molecule has 0 bridgehead atoms. The summed E-state index contributed by atoms with van der Waals surface area (Å²) in [7, 11) is 10.5. The molecule has 0 amide bonds. The Hall–Kier alpha value is 1.17. The Kier molecular flexibility index (Phi) is 10.5. The first-order chi connectivity index (χ1) is 2.27. The zero-order valence-corrected chi connectivity index (χ0v) is 7.01. The van der Waals surface area contributed by atoms with Crippen molar-refractivity contribution in [1.29, 1.82) is 0 Å². The molecule has 0 saturated heterocycles. The third-order valence-electron chi connectivity index (χ3n) is 0.138. The van der Waals surface area contributed by atoms with Crippen molar-refractivity contribution in [2.24, 2.45) is 0 Å². The molecule has 4 heteroatoms. The fourth-order valence-corrected chi connectivity index (χ4v) is 0. The zero-order chi connectivity index (χ0) is 4.28. The molecule has 0 radical (unpaired) electrons. The molecule has 0 aromatic heterocycles. The van der Waals surface area contributed by atoms with Gasteiger partial charge < -0.3 is 12.4 Å². The van der Waals surface area contributed by atoms with Crippen LogP contribution in [-0.4, -0.2) is 12.8 Å². The van der Waals surface area contributed by atoms with Crippen LogP contribution in [0.1, 0.15) is 0 Å². The smallest absolute Gasteiger partial charge is 1.00 e. The summed E-state index contributed by atoms with van der Waals surface area (Å²) in [6, 6.07) is 0. The zero-order valence-electron chi connectivity index (χ0n) is 2.87. The van der Waals surface area contributed by atoms with Crippen molar-refractivity contribution in [1.82, 2.24) is 0 Å². The minimum atomic E-state index is -1.49. The Balaban J connectivity index is 0. The minimum absolute atomic E-state index is 0. The van der Waals surface area contributed by atoms with Crippen molar-refractivity contribution >= 4 is 32.7 Å². The van der Waals surface area contributed by atoms with Gasteiger partial charge in [-0.15, -0.1) is 0 Å². The molecule has 38 valence electrons. The molecular weight excluding hydrogens is 205 g/mol. The maximum absolute atomic E-state index is 5.26. The molecule has 0 fully saturated rings. The fraction of sp³-hybridized carbons (Fsp3) is 0. The Bertz CT molecular complexity index is 35.8. The molecule has 0 atom stereocenters. The molecule has 0 spiro atoms. The van der Waals surface area contributed by atoms with Crippen LogP contribution in [0.2, 0.25) is 0 Å². The van der Waals surface area contributed by atoms with E-state index in [9.17, 15) is 0 Å². The maximum Gasteiger partial charge on any atom is -1.00 e. The second kappa shape index (κ2) is 6.17. The summed E-state index contributed by atoms with van der Waals surface area (Å²) in [6.45, 7) is 3.36. The van der Waals surface area contributed by atoms with E-state index in [0.29, 0.717) is 0 Å². The van der Waals surface area contributed by atoms with Crippen LogP contribution in [0.3, 0.4) is 0 Å². The third-order valence-corrected chi connectivity index (χ3v) is 2.15. The van der Waals surface area contributed by atoms with E-state index in [1.54, 1.807) is 4.86 Å². The van der Waals surface area contributed by atoms with Crippen LogP contribution in [0.5, 0.6) is 0 Å². The van der Waals surface area contributed by atoms with Gasteiger partial charge in [-0.25, -0.2) is 0 Å². The van der Waals surface area contributed by atoms with Crippen molar-refractivity contribution in [3.8, 4) is 0 Å². The standard InChI is InChI=1S/C2H3AsCl2.ClH/c1-2-3(4)5;/h2H,1H2;1H/p-1. The summed E-state index contributed by atoms with van der Waals surface area (Å²) in [5, 5.41) is 0. The normalized spacial score (nSPS) is 7.17. The van der Waals surface area contributed by atoms with Gasteiger partial charge in [0.25, 0.3) is 0 Å². The van der Waals surface area contributed by atoms with Crippen LogP contribution in [0.25, 0.3) is 0 Å². The first-order valence-electron chi connectivity index (χ1n) is 1.00. The van der Waals surface area contributed by atoms with E-state index in [1.165, 1.54) is 0 Å². The maximum atomic E-state index is 5.26. The number of rotatable bonds is 1. The van der Waals surface area contributed by atoms with E-state index < -0.39 is 12.8 Å². The molecule has 0 rings (SSSR count). The monoisotopic (exact) mass is 207 g/mol. The molecule has 0 aliphatic rings. The molecule has 0 nitrogen and oxygen atoms in total. The molecule has 0 saturated carbocycles. The minimum Gasteiger partial charge on any atom is -1.00 e. The van der Waals surface area contributed by atoms with Gasteiger partial charge in [0.2, 0.25) is 0 Å². The number of hydrogen-bond donors (Lipinski definition) is 0. The first kappa shape index (κ1) is 10.2. The Morgan fingerprint density at radius 3 is 1.67 bits per heavy atom. The predicted molar refractivity (Wildman–Crippen MR) is 27.7 cm³/mol. The largest absolute Gasteiger partial charge is 1.00 e. The van der Waals surface area contributed by atoms with E-state index in [1.807, 2.05) is 0 Å². The molecule has 6 heavy (non-hydrogen) atoms. The van der Waals surface area contributed by atoms with Crippen molar-refractivity contribution in [3.63, 3.8) is 0 Å². The SMILES string of the molecule is C=C[As](Cl)Cl.[Cl-]. The molecule has 0 aliphatic heterocycles. The molecule has 0 heterocycles. The molecule has 0 aromatic carbocycles. The summed E-state index contributed by atoms with van der Waals surface area (Å²) in [6.07, 6.45) is 0. The summed E-state index contributed by atoms with van der Waals surface area (Å²) in [5.74, 6) is 0. The van der Waals surface area contributed by atoms with Gasteiger partial charge in [0, 0.05) is 0 Å². The Morgan fingerprint density at radius 2 is 1.67 bits per heavy atom. The van der Waals surface area contributed by atoms with Gasteiger partial charge in [0.1, 0.15) is 0 Å². The van der Waals surface area contributed by atoms with Crippen LogP contribution in [0.15, 0.2) is 11.4 Å². The second-order valence-corrected chi connectivity index (χ2v) is 6.98. The van der Waals surface area contributed by atoms with Crippen LogP contribution < -0.4 is 12.4 Å². The topological polar surface area (TPSA) is 0 Å². The molecule has 0 aliphatic carbocycles. The van der Waals surface area contributed by atoms with Crippen molar-refractivity contribution < 1.29 is 12.4 Å². The van der Waals surface area contributed by atoms with E-state index in [4.69, 9.17) is 19.9 Å². The van der Waals surface area contributed by atoms with E-state index >= 15 is 0 Å². The van der Waals surface area contributed by atoms with E-state index in [-0.39, 0.29) is 12.4 Å². The Labute approximate surface area is 56.5 Å². The number of hydrogen-bond acceptors (Lipinski definition) is 0. The number of halogens is 3. The van der Waals surface area contributed by atoms with Crippen LogP contribution in [0.4, 0.5) is 0 Å². The quantitative estimate of drug-likeness (QED) is 0.469. The van der Waals surface area contributed by atoms with Crippen LogP contribution in [0, 0.1) is 0 Å². The molecule has 0 unspecified atom stereocenters. The van der Waals surface area contributed by atoms with Gasteiger partial charge in [-0.05, 0) is 0 Å². The van der Waals surface area contributed by atoms with Gasteiger partial charge in [0.15, 0.2) is 0 Å². The summed E-state index contributed by atoms with van der Waals surface area (Å²) < 4.78 is 0. The fourth-order valence-electron chi connectivity index (χ4n) is 0. The second-order valence-electron chi connectivity index (χ2n) is 0.442. The predicted octanol–water partition coefficient (Wildman–Crippen LogP) is -1.32. The molecular formula is C2H3AsCl3-. The van der Waals surface area contributed by atoms with Crippen molar-refractivity contribution in [3.05, 3.63) is 11.4 Å². The average molecular weight is 208 g/mol. The van der Waals surface area contributed by atoms with Gasteiger partial charge in [-0.3, -0.25) is 0 Å². The molecule has 0 aromatic rings. The van der Waals surface area contributed by atoms with E-state index in [0.717, 1.165) is 0 Å². The van der Waals surface area contributed by atoms with Gasteiger partial charge in [-0.2, -0.15) is 0 Å². The Morgan fingerprint density at radius 1 is 1.50 bits per heavy atom. The van der Waals surface area contributed by atoms with Gasteiger partial charge in [0.05, 0.1) is 0 Å². The first-order valence-corrected chi connectivity index (χ1v) is 7.02. The average Bonchev–Trinajstić information content (AvgIpc) is 1.38. The van der Waals surface area contributed by atoms with Crippen molar-refractivity contribution in [2.45, 2.75) is 0 Å². The third kappa shape index (κ3) is 8.95. The van der Waals surface area contributed by atoms with E-state index in [2.05, 4.69) is 6.58 Å². The van der Waals surface area contributed by atoms with Gasteiger partial charge >= 0.3 is 44.1 Å². The van der Waals surface area contributed by atoms with Crippen LogP contribution >= 0.6 is 19.9 Å². The van der Waals surface area contributed by atoms with Crippen molar-refractivity contribution in [2.75, 3.05) is 0 Å². The summed E-state index contributed by atoms with van der Waals surface area (Å²) >= 11 is -1.49. The summed E-state index contributed by atoms with van der Waals surface area (Å²) in [5.41, 5.74) is 0.